The van der Waals surface area contributed by atoms with E-state index in [0.29, 0.717) is 5.56 Å². The summed E-state index contributed by atoms with van der Waals surface area (Å²) in [5.74, 6) is -3.32. The van der Waals surface area contributed by atoms with Crippen molar-refractivity contribution in [1.82, 2.24) is 14.9 Å². The van der Waals surface area contributed by atoms with E-state index in [2.05, 4.69) is 9.97 Å². The van der Waals surface area contributed by atoms with Crippen LogP contribution in [0.2, 0.25) is 0 Å². The molecule has 0 aliphatic carbocycles. The van der Waals surface area contributed by atoms with Crippen LogP contribution in [0.5, 0.6) is 0 Å². The number of amides is 1. The highest BCUT2D eigenvalue weighted by Crippen LogP contribution is 2.33. The molecule has 2 heterocycles. The summed E-state index contributed by atoms with van der Waals surface area (Å²) < 4.78 is 13.4. The van der Waals surface area contributed by atoms with Gasteiger partial charge >= 0.3 is 5.97 Å². The molecule has 1 aromatic heterocycles. The molecule has 1 aromatic carbocycles. The van der Waals surface area contributed by atoms with Crippen LogP contribution < -0.4 is 5.56 Å². The summed E-state index contributed by atoms with van der Waals surface area (Å²) in [4.78, 5) is 42.5. The number of carbonyl (C=O) groups is 2. The lowest BCUT2D eigenvalue weighted by Crippen LogP contribution is -2.31. The van der Waals surface area contributed by atoms with E-state index in [9.17, 15) is 23.9 Å². The van der Waals surface area contributed by atoms with Crippen LogP contribution in [0.1, 0.15) is 22.0 Å². The number of halogens is 1. The van der Waals surface area contributed by atoms with Gasteiger partial charge in [-0.3, -0.25) is 14.4 Å². The Morgan fingerprint density at radius 3 is 2.75 bits per heavy atom. The first-order chi connectivity index (χ1) is 11.5. The second-order valence-corrected chi connectivity index (χ2v) is 5.61. The number of nitrogens with zero attached hydrogens (tertiary/aromatic N) is 2. The molecule has 24 heavy (non-hydrogen) atoms. The average Bonchev–Trinajstić information content (AvgIpc) is 3.00. The number of aromatic nitrogens is 2. The number of rotatable bonds is 3. The van der Waals surface area contributed by atoms with Gasteiger partial charge in [-0.15, -0.1) is 0 Å². The fraction of sp³-hybridized carbons (Fsp3) is 0.250. The van der Waals surface area contributed by atoms with Crippen LogP contribution in [-0.4, -0.2) is 44.9 Å². The van der Waals surface area contributed by atoms with Crippen molar-refractivity contribution in [2.75, 3.05) is 13.1 Å². The van der Waals surface area contributed by atoms with E-state index in [-0.39, 0.29) is 18.8 Å². The van der Waals surface area contributed by atoms with E-state index < -0.39 is 35.1 Å². The van der Waals surface area contributed by atoms with Crippen LogP contribution in [0.15, 0.2) is 41.5 Å². The molecule has 0 radical (unpaired) electrons. The van der Waals surface area contributed by atoms with Gasteiger partial charge in [-0.1, -0.05) is 12.1 Å². The van der Waals surface area contributed by atoms with Gasteiger partial charge < -0.3 is 15.0 Å². The molecule has 1 aliphatic rings. The summed E-state index contributed by atoms with van der Waals surface area (Å²) in [5, 5.41) is 9.43. The summed E-state index contributed by atoms with van der Waals surface area (Å²) in [6.45, 7) is 0.135. The quantitative estimate of drug-likeness (QED) is 0.868. The van der Waals surface area contributed by atoms with E-state index >= 15 is 0 Å². The smallest absolute Gasteiger partial charge is 0.308 e. The molecule has 0 spiro atoms. The number of aromatic amines is 1. The molecule has 2 atom stereocenters. The molecule has 2 N–H and O–H groups in total. The first-order valence-electron chi connectivity index (χ1n) is 7.28. The second kappa shape index (κ2) is 6.23. The zero-order chi connectivity index (χ0) is 17.3. The third-order valence-electron chi connectivity index (χ3n) is 4.09. The maximum atomic E-state index is 13.4. The van der Waals surface area contributed by atoms with Crippen molar-refractivity contribution < 1.29 is 19.1 Å². The predicted octanol–water partition coefficient (Wildman–Crippen LogP) is 0.849. The third-order valence-corrected chi connectivity index (χ3v) is 4.09. The highest BCUT2D eigenvalue weighted by molar-refractivity contribution is 5.92. The number of H-pyrrole nitrogens is 1. The predicted molar refractivity (Wildman–Crippen MR) is 81.0 cm³/mol. The molecule has 1 saturated heterocycles. The van der Waals surface area contributed by atoms with Gasteiger partial charge in [0, 0.05) is 25.2 Å². The number of hydrogen-bond donors (Lipinski definition) is 2. The number of carboxylic acid groups (broad SMARTS) is 1. The number of likely N-dealkylation sites (tertiary alicyclic amines) is 1. The van der Waals surface area contributed by atoms with E-state index in [0.717, 1.165) is 6.20 Å². The molecule has 0 saturated carbocycles. The van der Waals surface area contributed by atoms with Gasteiger partial charge in [0.1, 0.15) is 11.5 Å². The molecule has 7 nitrogen and oxygen atoms in total. The number of aliphatic carboxylic acids is 1. The van der Waals surface area contributed by atoms with Gasteiger partial charge in [0.25, 0.3) is 11.5 Å². The Balaban J connectivity index is 1.87. The van der Waals surface area contributed by atoms with Crippen molar-refractivity contribution in [2.45, 2.75) is 5.92 Å². The van der Waals surface area contributed by atoms with Crippen LogP contribution in [0, 0.1) is 11.7 Å². The van der Waals surface area contributed by atoms with Gasteiger partial charge in [-0.05, 0) is 17.7 Å². The van der Waals surface area contributed by atoms with E-state index in [1.165, 1.54) is 29.3 Å². The minimum atomic E-state index is -1.05. The Morgan fingerprint density at radius 2 is 2.12 bits per heavy atom. The van der Waals surface area contributed by atoms with Crippen molar-refractivity contribution in [3.8, 4) is 0 Å². The normalized spacial score (nSPS) is 20.1. The van der Waals surface area contributed by atoms with E-state index in [1.807, 2.05) is 0 Å². The Labute approximate surface area is 135 Å². The fourth-order valence-electron chi connectivity index (χ4n) is 2.92. The molecular weight excluding hydrogens is 317 g/mol. The monoisotopic (exact) mass is 331 g/mol. The first kappa shape index (κ1) is 15.9. The van der Waals surface area contributed by atoms with Gasteiger partial charge in [-0.25, -0.2) is 9.37 Å². The summed E-state index contributed by atoms with van der Waals surface area (Å²) in [6, 6.07) is 5.72. The molecular formula is C16H14FN3O4. The van der Waals surface area contributed by atoms with Crippen molar-refractivity contribution in [3.05, 3.63) is 64.1 Å². The lowest BCUT2D eigenvalue weighted by atomic mass is 9.89. The zero-order valence-electron chi connectivity index (χ0n) is 12.5. The van der Waals surface area contributed by atoms with Gasteiger partial charge in [0.15, 0.2) is 0 Å². The van der Waals surface area contributed by atoms with Gasteiger partial charge in [0.05, 0.1) is 12.1 Å². The summed E-state index contributed by atoms with van der Waals surface area (Å²) >= 11 is 0. The van der Waals surface area contributed by atoms with Gasteiger partial charge in [-0.2, -0.15) is 0 Å². The Morgan fingerprint density at radius 1 is 1.33 bits per heavy atom. The lowest BCUT2D eigenvalue weighted by molar-refractivity contribution is -0.141. The molecule has 8 heteroatoms. The largest absolute Gasteiger partial charge is 0.481 e. The highest BCUT2D eigenvalue weighted by Gasteiger charge is 2.41. The standard InChI is InChI=1S/C16H14FN3O4/c17-10-3-1-2-9(4-10)11-7-20(8-12(11)16(23)24)15(22)13-5-19-14(21)6-18-13/h1-6,11-12H,7-8H2,(H,19,21)(H,23,24)/t11-,12+/m0/s1. The Hall–Kier alpha value is -3.03. The van der Waals surface area contributed by atoms with Crippen LogP contribution >= 0.6 is 0 Å². The number of benzene rings is 1. The van der Waals surface area contributed by atoms with E-state index in [4.69, 9.17) is 0 Å². The second-order valence-electron chi connectivity index (χ2n) is 5.61. The minimum Gasteiger partial charge on any atom is -0.481 e. The maximum Gasteiger partial charge on any atom is 0.308 e. The third kappa shape index (κ3) is 3.03. The van der Waals surface area contributed by atoms with Crippen LogP contribution in [-0.2, 0) is 4.79 Å². The molecule has 1 aliphatic heterocycles. The molecule has 0 bridgehead atoms. The van der Waals surface area contributed by atoms with Crippen LogP contribution in [0.25, 0.3) is 0 Å². The molecule has 0 unspecified atom stereocenters. The molecule has 1 amide bonds. The van der Waals surface area contributed by atoms with E-state index in [1.54, 1.807) is 6.07 Å². The van der Waals surface area contributed by atoms with Crippen molar-refractivity contribution in [1.29, 1.82) is 0 Å². The summed E-state index contributed by atoms with van der Waals surface area (Å²) in [6.07, 6.45) is 2.18. The average molecular weight is 331 g/mol. The molecule has 2 aromatic rings. The number of carboxylic acids is 1. The Bertz CT molecular complexity index is 831. The number of hydrogen-bond acceptors (Lipinski definition) is 4. The number of carbonyl (C=O) groups excluding carboxylic acids is 1. The molecule has 1 fully saturated rings. The van der Waals surface area contributed by atoms with Crippen molar-refractivity contribution in [3.63, 3.8) is 0 Å². The summed E-state index contributed by atoms with van der Waals surface area (Å²) in [7, 11) is 0. The van der Waals surface area contributed by atoms with Crippen LogP contribution in [0.4, 0.5) is 4.39 Å². The first-order valence-corrected chi connectivity index (χ1v) is 7.28. The fourth-order valence-corrected chi connectivity index (χ4v) is 2.92. The number of nitrogens with one attached hydrogen (secondary N) is 1. The zero-order valence-corrected chi connectivity index (χ0v) is 12.5. The topological polar surface area (TPSA) is 103 Å². The summed E-state index contributed by atoms with van der Waals surface area (Å²) in [5.41, 5.74) is 0.125. The lowest BCUT2D eigenvalue weighted by Gasteiger charge is -2.16. The SMILES string of the molecule is O=C(O)[C@@H]1CN(C(=O)c2c[nH]c(=O)cn2)C[C@H]1c1cccc(F)c1. The Kier molecular flexibility index (Phi) is 4.11. The van der Waals surface area contributed by atoms with Crippen molar-refractivity contribution in [2.24, 2.45) is 5.92 Å². The van der Waals surface area contributed by atoms with Gasteiger partial charge in [0.2, 0.25) is 0 Å². The molecule has 124 valence electrons. The maximum absolute atomic E-state index is 13.4. The van der Waals surface area contributed by atoms with Crippen molar-refractivity contribution >= 4 is 11.9 Å². The minimum absolute atomic E-state index is 0.00382. The molecule has 3 rings (SSSR count). The highest BCUT2D eigenvalue weighted by atomic mass is 19.1. The van der Waals surface area contributed by atoms with Crippen LogP contribution in [0.3, 0.4) is 0 Å².